The fraction of sp³-hybridized carbons (Fsp3) is 0.278. The summed E-state index contributed by atoms with van der Waals surface area (Å²) in [6.45, 7) is 2.88. The predicted octanol–water partition coefficient (Wildman–Crippen LogP) is 3.79. The van der Waals surface area contributed by atoms with Gasteiger partial charge in [-0.05, 0) is 36.4 Å². The molecule has 0 aromatic heterocycles. The maximum absolute atomic E-state index is 13.0. The minimum absolute atomic E-state index is 0.396. The molecule has 1 aliphatic heterocycles. The average Bonchev–Trinajstić information content (AvgIpc) is 2.62. The zero-order valence-corrected chi connectivity index (χ0v) is 13.3. The van der Waals surface area contributed by atoms with Gasteiger partial charge >= 0.3 is 6.18 Å². The van der Waals surface area contributed by atoms with Crippen molar-refractivity contribution >= 4 is 17.3 Å². The number of rotatable bonds is 3. The molecule has 7 heteroatoms. The first-order chi connectivity index (χ1) is 11.9. The number of benzene rings is 2. The number of anilines is 2. The van der Waals surface area contributed by atoms with Crippen molar-refractivity contribution < 1.29 is 22.7 Å². The van der Waals surface area contributed by atoms with Crippen LogP contribution in [0, 0.1) is 0 Å². The third-order valence-electron chi connectivity index (χ3n) is 3.98. The van der Waals surface area contributed by atoms with Gasteiger partial charge in [0.2, 0.25) is 0 Å². The van der Waals surface area contributed by atoms with Crippen LogP contribution in [0.4, 0.5) is 24.5 Å². The number of morpholine rings is 1. The molecule has 1 N–H and O–H groups in total. The van der Waals surface area contributed by atoms with Gasteiger partial charge in [0.05, 0.1) is 24.3 Å². The molecule has 0 aliphatic carbocycles. The largest absolute Gasteiger partial charge is 0.417 e. The molecule has 0 bridgehead atoms. The lowest BCUT2D eigenvalue weighted by atomic mass is 10.1. The van der Waals surface area contributed by atoms with Gasteiger partial charge in [0.25, 0.3) is 5.91 Å². The Labute approximate surface area is 143 Å². The summed E-state index contributed by atoms with van der Waals surface area (Å²) >= 11 is 0. The number of hydrogen-bond acceptors (Lipinski definition) is 3. The molecule has 3 rings (SSSR count). The van der Waals surface area contributed by atoms with Gasteiger partial charge < -0.3 is 15.0 Å². The van der Waals surface area contributed by atoms with Crippen LogP contribution in [0.5, 0.6) is 0 Å². The molecule has 0 spiro atoms. The van der Waals surface area contributed by atoms with Crippen LogP contribution >= 0.6 is 0 Å². The van der Waals surface area contributed by atoms with Gasteiger partial charge in [0, 0.05) is 24.5 Å². The van der Waals surface area contributed by atoms with Crippen molar-refractivity contribution in [3.05, 3.63) is 59.7 Å². The summed E-state index contributed by atoms with van der Waals surface area (Å²) in [5.74, 6) is -0.785. The Morgan fingerprint density at radius 3 is 2.28 bits per heavy atom. The Morgan fingerprint density at radius 2 is 1.64 bits per heavy atom. The third-order valence-corrected chi connectivity index (χ3v) is 3.98. The number of ether oxygens (including phenoxy) is 1. The van der Waals surface area contributed by atoms with E-state index in [-0.39, 0.29) is 0 Å². The maximum Gasteiger partial charge on any atom is 0.417 e. The molecular formula is C18H17F3N2O2. The number of carbonyl (C=O) groups is 1. The molecule has 132 valence electrons. The fourth-order valence-electron chi connectivity index (χ4n) is 2.70. The van der Waals surface area contributed by atoms with Crippen LogP contribution in [0.25, 0.3) is 0 Å². The second kappa shape index (κ2) is 7.14. The Kier molecular flexibility index (Phi) is 4.94. The second-order valence-electron chi connectivity index (χ2n) is 5.64. The fourth-order valence-corrected chi connectivity index (χ4v) is 2.70. The van der Waals surface area contributed by atoms with Crippen molar-refractivity contribution in [1.29, 1.82) is 0 Å². The Balaban J connectivity index is 1.73. The van der Waals surface area contributed by atoms with Gasteiger partial charge in [-0.25, -0.2) is 0 Å². The molecule has 1 aliphatic rings. The molecule has 0 radical (unpaired) electrons. The summed E-state index contributed by atoms with van der Waals surface area (Å²) in [6, 6.07) is 11.8. The number of carbonyl (C=O) groups excluding carboxylic acids is 1. The lowest BCUT2D eigenvalue weighted by molar-refractivity contribution is -0.137. The zero-order chi connectivity index (χ0) is 17.9. The third kappa shape index (κ3) is 4.11. The average molecular weight is 350 g/mol. The van der Waals surface area contributed by atoms with Crippen LogP contribution < -0.4 is 10.2 Å². The van der Waals surface area contributed by atoms with E-state index in [0.29, 0.717) is 18.9 Å². The highest BCUT2D eigenvalue weighted by Crippen LogP contribution is 2.32. The number of hydrogen-bond donors (Lipinski definition) is 1. The summed E-state index contributed by atoms with van der Waals surface area (Å²) in [6.07, 6.45) is -4.58. The first-order valence-electron chi connectivity index (χ1n) is 7.85. The number of nitrogens with one attached hydrogen (secondary N) is 1. The standard InChI is InChI=1S/C18H17F3N2O2/c19-18(20,21)16-4-2-1-3-15(16)17(24)22-13-5-7-14(8-6-13)23-9-11-25-12-10-23/h1-8H,9-12H2,(H,22,24). The summed E-state index contributed by atoms with van der Waals surface area (Å²) < 4.78 is 44.3. The van der Waals surface area contributed by atoms with Gasteiger partial charge in [-0.3, -0.25) is 4.79 Å². The molecule has 1 saturated heterocycles. The number of amides is 1. The maximum atomic E-state index is 13.0. The highest BCUT2D eigenvalue weighted by atomic mass is 19.4. The molecule has 2 aromatic rings. The van der Waals surface area contributed by atoms with E-state index in [4.69, 9.17) is 4.74 Å². The van der Waals surface area contributed by atoms with Crippen LogP contribution in [0.3, 0.4) is 0 Å². The van der Waals surface area contributed by atoms with E-state index in [1.54, 1.807) is 12.1 Å². The highest BCUT2D eigenvalue weighted by molar-refractivity contribution is 6.05. The van der Waals surface area contributed by atoms with Crippen LogP contribution in [-0.4, -0.2) is 32.2 Å². The molecule has 0 saturated carbocycles. The quantitative estimate of drug-likeness (QED) is 0.916. The van der Waals surface area contributed by atoms with Crippen molar-refractivity contribution in [2.45, 2.75) is 6.18 Å². The van der Waals surface area contributed by atoms with Crippen molar-refractivity contribution in [3.63, 3.8) is 0 Å². The number of alkyl halides is 3. The zero-order valence-electron chi connectivity index (χ0n) is 13.3. The predicted molar refractivity (Wildman–Crippen MR) is 88.9 cm³/mol. The van der Waals surface area contributed by atoms with Gasteiger partial charge in [-0.1, -0.05) is 12.1 Å². The summed E-state index contributed by atoms with van der Waals surface area (Å²) in [4.78, 5) is 14.4. The summed E-state index contributed by atoms with van der Waals surface area (Å²) in [5, 5.41) is 2.52. The van der Waals surface area contributed by atoms with Crippen molar-refractivity contribution in [2.75, 3.05) is 36.5 Å². The van der Waals surface area contributed by atoms with E-state index in [1.165, 1.54) is 18.2 Å². The molecule has 1 heterocycles. The van der Waals surface area contributed by atoms with Crippen molar-refractivity contribution in [2.24, 2.45) is 0 Å². The smallest absolute Gasteiger partial charge is 0.378 e. The number of halogens is 3. The van der Waals surface area contributed by atoms with Gasteiger partial charge in [-0.15, -0.1) is 0 Å². The molecule has 0 unspecified atom stereocenters. The normalized spacial score (nSPS) is 15.1. The number of nitrogens with zero attached hydrogens (tertiary/aromatic N) is 1. The van der Waals surface area contributed by atoms with Gasteiger partial charge in [0.15, 0.2) is 0 Å². The van der Waals surface area contributed by atoms with E-state index >= 15 is 0 Å². The molecule has 25 heavy (non-hydrogen) atoms. The lowest BCUT2D eigenvalue weighted by Gasteiger charge is -2.28. The van der Waals surface area contributed by atoms with Crippen LogP contribution in [0.15, 0.2) is 48.5 Å². The van der Waals surface area contributed by atoms with Crippen LogP contribution in [0.2, 0.25) is 0 Å². The molecular weight excluding hydrogens is 333 g/mol. The van der Waals surface area contributed by atoms with E-state index in [9.17, 15) is 18.0 Å². The molecule has 0 atom stereocenters. The minimum Gasteiger partial charge on any atom is -0.378 e. The Hall–Kier alpha value is -2.54. The first kappa shape index (κ1) is 17.3. The van der Waals surface area contributed by atoms with E-state index in [0.717, 1.165) is 24.8 Å². The van der Waals surface area contributed by atoms with Gasteiger partial charge in [0.1, 0.15) is 0 Å². The van der Waals surface area contributed by atoms with Crippen molar-refractivity contribution in [3.8, 4) is 0 Å². The monoisotopic (exact) mass is 350 g/mol. The topological polar surface area (TPSA) is 41.6 Å². The van der Waals surface area contributed by atoms with Crippen molar-refractivity contribution in [1.82, 2.24) is 0 Å². The van der Waals surface area contributed by atoms with E-state index < -0.39 is 23.2 Å². The molecule has 2 aromatic carbocycles. The highest BCUT2D eigenvalue weighted by Gasteiger charge is 2.34. The van der Waals surface area contributed by atoms with Crippen LogP contribution in [-0.2, 0) is 10.9 Å². The second-order valence-corrected chi connectivity index (χ2v) is 5.64. The van der Waals surface area contributed by atoms with E-state index in [2.05, 4.69) is 10.2 Å². The van der Waals surface area contributed by atoms with Gasteiger partial charge in [-0.2, -0.15) is 13.2 Å². The lowest BCUT2D eigenvalue weighted by Crippen LogP contribution is -2.36. The van der Waals surface area contributed by atoms with E-state index in [1.807, 2.05) is 12.1 Å². The Bertz CT molecular complexity index is 739. The molecule has 4 nitrogen and oxygen atoms in total. The molecule has 1 fully saturated rings. The summed E-state index contributed by atoms with van der Waals surface area (Å²) in [5.41, 5.74) is 0.0840. The Morgan fingerprint density at radius 1 is 1.00 bits per heavy atom. The molecule has 1 amide bonds. The SMILES string of the molecule is O=C(Nc1ccc(N2CCOCC2)cc1)c1ccccc1C(F)(F)F. The first-order valence-corrected chi connectivity index (χ1v) is 7.85. The minimum atomic E-state index is -4.58. The summed E-state index contributed by atoms with van der Waals surface area (Å²) in [7, 11) is 0. The van der Waals surface area contributed by atoms with Crippen LogP contribution in [0.1, 0.15) is 15.9 Å².